The van der Waals surface area contributed by atoms with Gasteiger partial charge in [0.05, 0.1) is 18.8 Å². The highest BCUT2D eigenvalue weighted by Gasteiger charge is 2.09. The van der Waals surface area contributed by atoms with Gasteiger partial charge < -0.3 is 14.2 Å². The molecule has 0 aliphatic rings. The van der Waals surface area contributed by atoms with E-state index < -0.39 is 0 Å². The number of esters is 1. The number of benzene rings is 3. The van der Waals surface area contributed by atoms with Crippen LogP contribution < -0.4 is 14.2 Å². The molecule has 3 aromatic rings. The highest BCUT2D eigenvalue weighted by atomic mass is 16.5. The molecule has 3 rings (SSSR count). The van der Waals surface area contributed by atoms with Crippen molar-refractivity contribution in [2.45, 2.75) is 84.5 Å². The van der Waals surface area contributed by atoms with Crippen LogP contribution in [0.5, 0.6) is 17.2 Å². The van der Waals surface area contributed by atoms with Gasteiger partial charge in [0.25, 0.3) is 0 Å². The summed E-state index contributed by atoms with van der Waals surface area (Å²) in [5, 5.41) is 0. The van der Waals surface area contributed by atoms with E-state index in [1.54, 1.807) is 12.1 Å². The summed E-state index contributed by atoms with van der Waals surface area (Å²) in [5.41, 5.74) is 2.65. The molecule has 0 amide bonds. The fourth-order valence-corrected chi connectivity index (χ4v) is 4.28. The second-order valence-corrected chi connectivity index (χ2v) is 9.84. The van der Waals surface area contributed by atoms with E-state index in [-0.39, 0.29) is 5.97 Å². The fraction of sp³-hybridized carbons (Fsp3) is 0.441. The first-order valence-electron chi connectivity index (χ1n) is 14.5. The summed E-state index contributed by atoms with van der Waals surface area (Å²) < 4.78 is 17.2. The molecule has 0 bridgehead atoms. The molecular weight excluding hydrogens is 472 g/mol. The summed E-state index contributed by atoms with van der Waals surface area (Å²) in [4.78, 5) is 12.6. The maximum Gasteiger partial charge on any atom is 0.343 e. The van der Waals surface area contributed by atoms with Crippen molar-refractivity contribution >= 4 is 5.97 Å². The van der Waals surface area contributed by atoms with Crippen LogP contribution in [0.2, 0.25) is 0 Å². The first-order chi connectivity index (χ1) is 18.7. The van der Waals surface area contributed by atoms with Crippen LogP contribution in [0.3, 0.4) is 0 Å². The van der Waals surface area contributed by atoms with Crippen molar-refractivity contribution in [3.05, 3.63) is 78.4 Å². The van der Waals surface area contributed by atoms with Gasteiger partial charge in [-0.3, -0.25) is 0 Å². The molecule has 0 spiro atoms. The third kappa shape index (κ3) is 10.6. The van der Waals surface area contributed by atoms with Crippen LogP contribution in [-0.2, 0) is 0 Å². The van der Waals surface area contributed by atoms with Gasteiger partial charge in [-0.15, -0.1) is 0 Å². The number of ether oxygens (including phenoxy) is 3. The highest BCUT2D eigenvalue weighted by molar-refractivity contribution is 5.91. The van der Waals surface area contributed by atoms with Gasteiger partial charge in [-0.2, -0.15) is 0 Å². The lowest BCUT2D eigenvalue weighted by molar-refractivity contribution is 0.0734. The molecule has 0 aliphatic carbocycles. The zero-order chi connectivity index (χ0) is 26.8. The Kier molecular flexibility index (Phi) is 13.3. The molecule has 3 aromatic carbocycles. The molecule has 38 heavy (non-hydrogen) atoms. The second kappa shape index (κ2) is 17.3. The van der Waals surface area contributed by atoms with Gasteiger partial charge in [-0.05, 0) is 72.5 Å². The lowest BCUT2D eigenvalue weighted by atomic mass is 10.1. The minimum atomic E-state index is -0.378. The number of rotatable bonds is 18. The van der Waals surface area contributed by atoms with Crippen molar-refractivity contribution in [1.29, 1.82) is 0 Å². The third-order valence-electron chi connectivity index (χ3n) is 6.63. The minimum Gasteiger partial charge on any atom is -0.494 e. The highest BCUT2D eigenvalue weighted by Crippen LogP contribution is 2.25. The average Bonchev–Trinajstić information content (AvgIpc) is 2.95. The summed E-state index contributed by atoms with van der Waals surface area (Å²) in [7, 11) is 0. The molecule has 0 N–H and O–H groups in total. The molecule has 0 radical (unpaired) electrons. The quantitative estimate of drug-likeness (QED) is 0.0959. The number of carbonyl (C=O) groups excluding carboxylic acids is 1. The standard InChI is InChI=1S/C34H44O4/c1-3-5-7-9-10-11-13-27-37-32-22-18-30(19-23-32)34(35)38-33-24-16-29(17-25-33)28-14-20-31(21-15-28)36-26-12-8-6-4-2/h14-25H,3-13,26-27H2,1-2H3. The van der Waals surface area contributed by atoms with Crippen LogP contribution in [0.25, 0.3) is 11.1 Å². The Balaban J connectivity index is 1.40. The number of carbonyl (C=O) groups is 1. The average molecular weight is 517 g/mol. The molecule has 4 heteroatoms. The van der Waals surface area contributed by atoms with Crippen molar-refractivity contribution in [3.63, 3.8) is 0 Å². The first-order valence-corrected chi connectivity index (χ1v) is 14.5. The number of hydrogen-bond acceptors (Lipinski definition) is 4. The first kappa shape index (κ1) is 29.3. The molecule has 0 aromatic heterocycles. The Morgan fingerprint density at radius 3 is 1.39 bits per heavy atom. The van der Waals surface area contributed by atoms with E-state index in [0.717, 1.165) is 42.1 Å². The summed E-state index contributed by atoms with van der Waals surface area (Å²) >= 11 is 0. The zero-order valence-corrected chi connectivity index (χ0v) is 23.3. The van der Waals surface area contributed by atoms with Crippen LogP contribution in [0.15, 0.2) is 72.8 Å². The summed E-state index contributed by atoms with van der Waals surface area (Å²) in [6, 6.07) is 22.9. The van der Waals surface area contributed by atoms with Crippen LogP contribution >= 0.6 is 0 Å². The molecule has 0 saturated carbocycles. The number of hydrogen-bond donors (Lipinski definition) is 0. The lowest BCUT2D eigenvalue weighted by Crippen LogP contribution is -2.08. The Labute approximate surface area is 229 Å². The molecule has 0 atom stereocenters. The third-order valence-corrected chi connectivity index (χ3v) is 6.63. The van der Waals surface area contributed by atoms with Crippen molar-refractivity contribution in [2.75, 3.05) is 13.2 Å². The Morgan fingerprint density at radius 1 is 0.500 bits per heavy atom. The Bertz CT molecular complexity index is 1040. The van der Waals surface area contributed by atoms with Crippen LogP contribution in [0.4, 0.5) is 0 Å². The van der Waals surface area contributed by atoms with Gasteiger partial charge in [-0.1, -0.05) is 95.9 Å². The van der Waals surface area contributed by atoms with Gasteiger partial charge in [0.1, 0.15) is 17.2 Å². The van der Waals surface area contributed by atoms with Crippen molar-refractivity contribution in [2.24, 2.45) is 0 Å². The van der Waals surface area contributed by atoms with Gasteiger partial charge in [-0.25, -0.2) is 4.79 Å². The molecule has 0 aliphatic heterocycles. The number of unbranched alkanes of at least 4 members (excludes halogenated alkanes) is 9. The monoisotopic (exact) mass is 516 g/mol. The molecule has 204 valence electrons. The van der Waals surface area contributed by atoms with Crippen LogP contribution in [-0.4, -0.2) is 19.2 Å². The second-order valence-electron chi connectivity index (χ2n) is 9.84. The predicted octanol–water partition coefficient (Wildman–Crippen LogP) is 9.66. The molecular formula is C34H44O4. The largest absolute Gasteiger partial charge is 0.494 e. The topological polar surface area (TPSA) is 44.8 Å². The van der Waals surface area contributed by atoms with Crippen molar-refractivity contribution < 1.29 is 19.0 Å². The minimum absolute atomic E-state index is 0.378. The molecule has 0 unspecified atom stereocenters. The van der Waals surface area contributed by atoms with E-state index in [1.807, 2.05) is 48.5 Å². The van der Waals surface area contributed by atoms with Crippen molar-refractivity contribution in [1.82, 2.24) is 0 Å². The maximum absolute atomic E-state index is 12.6. The van der Waals surface area contributed by atoms with E-state index in [0.29, 0.717) is 17.9 Å². The molecule has 4 nitrogen and oxygen atoms in total. The van der Waals surface area contributed by atoms with E-state index in [9.17, 15) is 4.79 Å². The Hall–Kier alpha value is -3.27. The summed E-state index contributed by atoms with van der Waals surface area (Å²) in [6.45, 7) is 5.92. The van der Waals surface area contributed by atoms with E-state index in [2.05, 4.69) is 26.0 Å². The van der Waals surface area contributed by atoms with E-state index in [1.165, 1.54) is 57.8 Å². The van der Waals surface area contributed by atoms with Gasteiger partial charge in [0.2, 0.25) is 0 Å². The lowest BCUT2D eigenvalue weighted by Gasteiger charge is -2.09. The van der Waals surface area contributed by atoms with Gasteiger partial charge in [0.15, 0.2) is 0 Å². The van der Waals surface area contributed by atoms with Crippen LogP contribution in [0, 0.1) is 0 Å². The normalized spacial score (nSPS) is 10.8. The molecule has 0 saturated heterocycles. The fourth-order valence-electron chi connectivity index (χ4n) is 4.28. The van der Waals surface area contributed by atoms with Crippen molar-refractivity contribution in [3.8, 4) is 28.4 Å². The SMILES string of the molecule is CCCCCCCCCOc1ccc(C(=O)Oc2ccc(-c3ccc(OCCCCCC)cc3)cc2)cc1. The smallest absolute Gasteiger partial charge is 0.343 e. The molecule has 0 heterocycles. The zero-order valence-electron chi connectivity index (χ0n) is 23.3. The summed E-state index contributed by atoms with van der Waals surface area (Å²) in [6.07, 6.45) is 13.6. The predicted molar refractivity (Wildman–Crippen MR) is 156 cm³/mol. The maximum atomic E-state index is 12.6. The van der Waals surface area contributed by atoms with Gasteiger partial charge in [0, 0.05) is 0 Å². The van der Waals surface area contributed by atoms with Crippen LogP contribution in [0.1, 0.15) is 94.8 Å². The van der Waals surface area contributed by atoms with Gasteiger partial charge >= 0.3 is 5.97 Å². The Morgan fingerprint density at radius 2 is 0.895 bits per heavy atom. The molecule has 0 fully saturated rings. The van der Waals surface area contributed by atoms with E-state index in [4.69, 9.17) is 14.2 Å². The van der Waals surface area contributed by atoms with E-state index >= 15 is 0 Å². The summed E-state index contributed by atoms with van der Waals surface area (Å²) in [5.74, 6) is 1.82.